The largest absolute Gasteiger partial charge is 0.303 e. The van der Waals surface area contributed by atoms with Gasteiger partial charge in [0.15, 0.2) is 0 Å². The van der Waals surface area contributed by atoms with Crippen molar-refractivity contribution < 1.29 is 0 Å². The first-order valence-corrected chi connectivity index (χ1v) is 7.93. The first kappa shape index (κ1) is 16.0. The molecule has 0 unspecified atom stereocenters. The molecular formula is C17H35N. The maximum atomic E-state index is 2.69. The molecule has 1 heterocycles. The van der Waals surface area contributed by atoms with E-state index in [9.17, 15) is 0 Å². The van der Waals surface area contributed by atoms with Gasteiger partial charge in [-0.3, -0.25) is 0 Å². The highest BCUT2D eigenvalue weighted by Crippen LogP contribution is 2.38. The molecule has 0 atom stereocenters. The van der Waals surface area contributed by atoms with E-state index in [1.165, 1.54) is 51.7 Å². The van der Waals surface area contributed by atoms with Crippen LogP contribution in [-0.4, -0.2) is 24.5 Å². The molecule has 0 bridgehead atoms. The predicted octanol–water partition coefficient (Wildman–Crippen LogP) is 4.96. The summed E-state index contributed by atoms with van der Waals surface area (Å²) in [5.41, 5.74) is 0.934. The number of hydrogen-bond donors (Lipinski definition) is 0. The molecule has 0 saturated carbocycles. The van der Waals surface area contributed by atoms with Gasteiger partial charge in [0.05, 0.1) is 0 Å². The van der Waals surface area contributed by atoms with Crippen LogP contribution in [0.2, 0.25) is 0 Å². The minimum absolute atomic E-state index is 0.454. The van der Waals surface area contributed by atoms with Gasteiger partial charge in [0.25, 0.3) is 0 Å². The fourth-order valence-electron chi connectivity index (χ4n) is 4.25. The fourth-order valence-corrected chi connectivity index (χ4v) is 4.25. The molecule has 1 nitrogen and oxygen atoms in total. The predicted molar refractivity (Wildman–Crippen MR) is 81.9 cm³/mol. The lowest BCUT2D eigenvalue weighted by molar-refractivity contribution is 0.0986. The number of nitrogens with zero attached hydrogens (tertiary/aromatic N) is 1. The second kappa shape index (κ2) is 6.41. The lowest BCUT2D eigenvalue weighted by Gasteiger charge is -2.40. The van der Waals surface area contributed by atoms with Gasteiger partial charge < -0.3 is 4.90 Å². The monoisotopic (exact) mass is 253 g/mol. The van der Waals surface area contributed by atoms with Crippen molar-refractivity contribution in [2.75, 3.05) is 19.6 Å². The zero-order valence-corrected chi connectivity index (χ0v) is 13.7. The number of likely N-dealkylation sites (tertiary alicyclic amines) is 1. The molecule has 0 radical (unpaired) electrons. The fraction of sp³-hybridized carbons (Fsp3) is 1.00. The van der Waals surface area contributed by atoms with Crippen LogP contribution >= 0.6 is 0 Å². The Morgan fingerprint density at radius 3 is 1.94 bits per heavy atom. The summed E-state index contributed by atoms with van der Waals surface area (Å²) in [6.45, 7) is 18.5. The van der Waals surface area contributed by atoms with Gasteiger partial charge in [0.2, 0.25) is 0 Å². The summed E-state index contributed by atoms with van der Waals surface area (Å²) in [6, 6.07) is 0. The SMILES string of the molecule is CC(C)CC(C)(C)CC(C)(C)CN1CCCCC1. The van der Waals surface area contributed by atoms with Crippen molar-refractivity contribution in [1.82, 2.24) is 4.90 Å². The Balaban J connectivity index is 2.46. The highest BCUT2D eigenvalue weighted by atomic mass is 15.1. The van der Waals surface area contributed by atoms with Crippen LogP contribution in [-0.2, 0) is 0 Å². The Hall–Kier alpha value is -0.0400. The van der Waals surface area contributed by atoms with E-state index in [1.54, 1.807) is 0 Å². The van der Waals surface area contributed by atoms with E-state index in [0.29, 0.717) is 10.8 Å². The maximum Gasteiger partial charge on any atom is 0.00329 e. The summed E-state index contributed by atoms with van der Waals surface area (Å²) in [5, 5.41) is 0. The lowest BCUT2D eigenvalue weighted by Crippen LogP contribution is -2.39. The van der Waals surface area contributed by atoms with Crippen LogP contribution in [0, 0.1) is 16.7 Å². The second-order valence-electron chi connectivity index (χ2n) is 8.44. The van der Waals surface area contributed by atoms with E-state index in [0.717, 1.165) is 5.92 Å². The van der Waals surface area contributed by atoms with Crippen molar-refractivity contribution in [3.63, 3.8) is 0 Å². The third kappa shape index (κ3) is 6.22. The van der Waals surface area contributed by atoms with Crippen LogP contribution in [0.1, 0.15) is 73.6 Å². The van der Waals surface area contributed by atoms with Gasteiger partial charge in [-0.1, -0.05) is 48.0 Å². The topological polar surface area (TPSA) is 3.24 Å². The molecule has 1 rings (SSSR count). The Bertz CT molecular complexity index is 234. The summed E-state index contributed by atoms with van der Waals surface area (Å²) in [4.78, 5) is 2.69. The van der Waals surface area contributed by atoms with E-state index < -0.39 is 0 Å². The van der Waals surface area contributed by atoms with Crippen molar-refractivity contribution >= 4 is 0 Å². The zero-order chi connectivity index (χ0) is 13.8. The average Bonchev–Trinajstić information content (AvgIpc) is 2.13. The summed E-state index contributed by atoms with van der Waals surface area (Å²) in [5.74, 6) is 0.811. The van der Waals surface area contributed by atoms with E-state index in [-0.39, 0.29) is 0 Å². The van der Waals surface area contributed by atoms with Crippen molar-refractivity contribution in [3.8, 4) is 0 Å². The second-order valence-corrected chi connectivity index (χ2v) is 8.44. The van der Waals surface area contributed by atoms with Crippen LogP contribution < -0.4 is 0 Å². The molecule has 0 aliphatic carbocycles. The van der Waals surface area contributed by atoms with Gasteiger partial charge in [-0.2, -0.15) is 0 Å². The van der Waals surface area contributed by atoms with E-state index >= 15 is 0 Å². The molecule has 1 fully saturated rings. The van der Waals surface area contributed by atoms with Crippen LogP contribution in [0.5, 0.6) is 0 Å². The molecule has 1 aliphatic rings. The number of hydrogen-bond acceptors (Lipinski definition) is 1. The maximum absolute atomic E-state index is 2.69. The molecule has 1 heteroatoms. The lowest BCUT2D eigenvalue weighted by atomic mass is 9.71. The standard InChI is InChI=1S/C17H35N/c1-15(2)12-16(3,4)13-17(5,6)14-18-10-8-7-9-11-18/h15H,7-14H2,1-6H3. The van der Waals surface area contributed by atoms with E-state index in [1.807, 2.05) is 0 Å². The summed E-state index contributed by atoms with van der Waals surface area (Å²) in [7, 11) is 0. The molecule has 0 aromatic rings. The Morgan fingerprint density at radius 1 is 0.889 bits per heavy atom. The summed E-state index contributed by atoms with van der Waals surface area (Å²) >= 11 is 0. The normalized spacial score (nSPS) is 19.5. The summed E-state index contributed by atoms with van der Waals surface area (Å²) in [6.07, 6.45) is 6.94. The van der Waals surface area contributed by atoms with Gasteiger partial charge in [0.1, 0.15) is 0 Å². The average molecular weight is 253 g/mol. The molecule has 1 saturated heterocycles. The summed E-state index contributed by atoms with van der Waals surface area (Å²) < 4.78 is 0. The molecule has 0 N–H and O–H groups in total. The molecule has 0 amide bonds. The molecule has 0 aromatic carbocycles. The first-order chi connectivity index (χ1) is 8.20. The van der Waals surface area contributed by atoms with Crippen molar-refractivity contribution in [2.45, 2.75) is 73.6 Å². The molecule has 18 heavy (non-hydrogen) atoms. The minimum Gasteiger partial charge on any atom is -0.303 e. The van der Waals surface area contributed by atoms with Crippen LogP contribution in [0.15, 0.2) is 0 Å². The quantitative estimate of drug-likeness (QED) is 0.646. The van der Waals surface area contributed by atoms with Gasteiger partial charge in [-0.25, -0.2) is 0 Å². The van der Waals surface area contributed by atoms with E-state index in [2.05, 4.69) is 46.4 Å². The van der Waals surface area contributed by atoms with Crippen LogP contribution in [0.4, 0.5) is 0 Å². The molecule has 108 valence electrons. The molecule has 1 aliphatic heterocycles. The van der Waals surface area contributed by atoms with Crippen molar-refractivity contribution in [3.05, 3.63) is 0 Å². The van der Waals surface area contributed by atoms with Crippen LogP contribution in [0.25, 0.3) is 0 Å². The smallest absolute Gasteiger partial charge is 0.00329 e. The highest BCUT2D eigenvalue weighted by Gasteiger charge is 2.31. The van der Waals surface area contributed by atoms with E-state index in [4.69, 9.17) is 0 Å². The Labute approximate surface area is 115 Å². The van der Waals surface area contributed by atoms with Gasteiger partial charge in [-0.15, -0.1) is 0 Å². The zero-order valence-electron chi connectivity index (χ0n) is 13.7. The number of piperidine rings is 1. The molecule has 0 spiro atoms. The Morgan fingerprint density at radius 2 is 1.44 bits per heavy atom. The van der Waals surface area contributed by atoms with Crippen molar-refractivity contribution in [1.29, 1.82) is 0 Å². The van der Waals surface area contributed by atoms with Crippen molar-refractivity contribution in [2.24, 2.45) is 16.7 Å². The first-order valence-electron chi connectivity index (χ1n) is 7.93. The van der Waals surface area contributed by atoms with Gasteiger partial charge >= 0.3 is 0 Å². The molecule has 0 aromatic heterocycles. The van der Waals surface area contributed by atoms with Gasteiger partial charge in [-0.05, 0) is 55.5 Å². The third-order valence-electron chi connectivity index (χ3n) is 4.02. The minimum atomic E-state index is 0.454. The van der Waals surface area contributed by atoms with Gasteiger partial charge in [0, 0.05) is 6.54 Å². The Kier molecular flexibility index (Phi) is 5.70. The molecular weight excluding hydrogens is 218 g/mol. The van der Waals surface area contributed by atoms with Crippen LogP contribution in [0.3, 0.4) is 0 Å². The third-order valence-corrected chi connectivity index (χ3v) is 4.02. The number of rotatable bonds is 6. The highest BCUT2D eigenvalue weighted by molar-refractivity contribution is 4.83.